The summed E-state index contributed by atoms with van der Waals surface area (Å²) in [7, 11) is 8.04. The smallest absolute Gasteiger partial charge is 0.195 e. The fraction of sp³-hybridized carbons (Fsp3) is 0.235. The highest BCUT2D eigenvalue weighted by Gasteiger charge is 2.08. The first-order valence-electron chi connectivity index (χ1n) is 6.82. The molecule has 3 aromatic rings. The quantitative estimate of drug-likeness (QED) is 0.676. The van der Waals surface area contributed by atoms with Gasteiger partial charge in [0.15, 0.2) is 5.43 Å². The molecule has 3 nitrogen and oxygen atoms in total. The lowest BCUT2D eigenvalue weighted by Crippen LogP contribution is -2.10. The molecule has 1 aromatic heterocycles. The average molecular weight is 298 g/mol. The third kappa shape index (κ3) is 2.36. The first-order chi connectivity index (χ1) is 9.97. The molecule has 0 aliphatic heterocycles. The highest BCUT2D eigenvalue weighted by atomic mass is 32.1. The molecule has 0 saturated carbocycles. The number of benzene rings is 2. The van der Waals surface area contributed by atoms with Crippen molar-refractivity contribution >= 4 is 42.9 Å². The summed E-state index contributed by atoms with van der Waals surface area (Å²) in [6.07, 6.45) is 0. The monoisotopic (exact) mass is 298 g/mol. The maximum atomic E-state index is 12.6. The third-order valence-electron chi connectivity index (χ3n) is 3.67. The predicted octanol–water partition coefficient (Wildman–Crippen LogP) is 3.55. The van der Waals surface area contributed by atoms with E-state index in [0.717, 1.165) is 31.5 Å². The van der Waals surface area contributed by atoms with Crippen molar-refractivity contribution < 1.29 is 0 Å². The SMILES string of the molecule is CN(C)c1ccc2c(=O)c3ccc(N(C)C)cc3sc2c1. The van der Waals surface area contributed by atoms with Gasteiger partial charge in [0.2, 0.25) is 0 Å². The zero-order valence-electron chi connectivity index (χ0n) is 12.7. The van der Waals surface area contributed by atoms with Crippen LogP contribution in [0.15, 0.2) is 41.2 Å². The summed E-state index contributed by atoms with van der Waals surface area (Å²) in [5.74, 6) is 0. The Morgan fingerprint density at radius 1 is 0.762 bits per heavy atom. The molecule has 0 spiro atoms. The first-order valence-corrected chi connectivity index (χ1v) is 7.64. The van der Waals surface area contributed by atoms with Crippen LogP contribution >= 0.6 is 11.3 Å². The van der Waals surface area contributed by atoms with Crippen LogP contribution in [-0.2, 0) is 0 Å². The van der Waals surface area contributed by atoms with E-state index in [1.807, 2.05) is 52.5 Å². The molecule has 0 aliphatic rings. The summed E-state index contributed by atoms with van der Waals surface area (Å²) in [6.45, 7) is 0. The van der Waals surface area contributed by atoms with Crippen molar-refractivity contribution in [3.05, 3.63) is 46.6 Å². The Morgan fingerprint density at radius 2 is 1.19 bits per heavy atom. The van der Waals surface area contributed by atoms with Gasteiger partial charge in [0.05, 0.1) is 0 Å². The van der Waals surface area contributed by atoms with Gasteiger partial charge in [-0.1, -0.05) is 0 Å². The lowest BCUT2D eigenvalue weighted by atomic mass is 10.1. The molecule has 2 aromatic carbocycles. The summed E-state index contributed by atoms with van der Waals surface area (Å²) in [4.78, 5) is 16.7. The van der Waals surface area contributed by atoms with Crippen molar-refractivity contribution in [1.82, 2.24) is 0 Å². The first kappa shape index (κ1) is 13.9. The Labute approximate surface area is 128 Å². The van der Waals surface area contributed by atoms with Crippen LogP contribution < -0.4 is 15.2 Å². The molecule has 0 atom stereocenters. The van der Waals surface area contributed by atoms with Gasteiger partial charge in [-0.2, -0.15) is 0 Å². The van der Waals surface area contributed by atoms with Gasteiger partial charge >= 0.3 is 0 Å². The molecule has 0 radical (unpaired) electrons. The molecule has 0 saturated heterocycles. The maximum Gasteiger partial charge on any atom is 0.195 e. The van der Waals surface area contributed by atoms with E-state index in [-0.39, 0.29) is 5.43 Å². The number of nitrogens with zero attached hydrogens (tertiary/aromatic N) is 2. The van der Waals surface area contributed by atoms with Gasteiger partial charge in [-0.25, -0.2) is 0 Å². The minimum Gasteiger partial charge on any atom is -0.378 e. The van der Waals surface area contributed by atoms with Crippen LogP contribution in [0.1, 0.15) is 0 Å². The number of hydrogen-bond acceptors (Lipinski definition) is 4. The lowest BCUT2D eigenvalue weighted by Gasteiger charge is -2.14. The number of rotatable bonds is 2. The van der Waals surface area contributed by atoms with E-state index in [1.54, 1.807) is 11.3 Å². The van der Waals surface area contributed by atoms with Crippen LogP contribution in [0.5, 0.6) is 0 Å². The zero-order chi connectivity index (χ0) is 15.1. The van der Waals surface area contributed by atoms with Crippen LogP contribution in [0.2, 0.25) is 0 Å². The van der Waals surface area contributed by atoms with Gasteiger partial charge in [-0.05, 0) is 36.4 Å². The van der Waals surface area contributed by atoms with Crippen molar-refractivity contribution in [2.75, 3.05) is 38.0 Å². The molecule has 108 valence electrons. The number of anilines is 2. The molecule has 0 N–H and O–H groups in total. The van der Waals surface area contributed by atoms with E-state index in [1.165, 1.54) is 0 Å². The second-order valence-electron chi connectivity index (χ2n) is 5.58. The van der Waals surface area contributed by atoms with Crippen molar-refractivity contribution in [2.24, 2.45) is 0 Å². The fourth-order valence-electron chi connectivity index (χ4n) is 2.39. The third-order valence-corrected chi connectivity index (χ3v) is 4.79. The molecule has 3 rings (SSSR count). The molecule has 21 heavy (non-hydrogen) atoms. The molecule has 0 bridgehead atoms. The van der Waals surface area contributed by atoms with Gasteiger partial charge in [0.1, 0.15) is 0 Å². The van der Waals surface area contributed by atoms with Gasteiger partial charge in [-0.3, -0.25) is 4.79 Å². The highest BCUT2D eigenvalue weighted by molar-refractivity contribution is 7.24. The van der Waals surface area contributed by atoms with Gasteiger partial charge in [0, 0.05) is 59.7 Å². The van der Waals surface area contributed by atoms with E-state index >= 15 is 0 Å². The number of hydrogen-bond donors (Lipinski definition) is 0. The molecule has 0 aliphatic carbocycles. The van der Waals surface area contributed by atoms with Crippen LogP contribution in [0, 0.1) is 0 Å². The molecular weight excluding hydrogens is 280 g/mol. The Hall–Kier alpha value is -2.07. The summed E-state index contributed by atoms with van der Waals surface area (Å²) >= 11 is 1.68. The van der Waals surface area contributed by atoms with Crippen LogP contribution in [0.3, 0.4) is 0 Å². The van der Waals surface area contributed by atoms with E-state index in [2.05, 4.69) is 21.9 Å². The summed E-state index contributed by atoms with van der Waals surface area (Å²) in [5, 5.41) is 1.60. The molecule has 0 unspecified atom stereocenters. The van der Waals surface area contributed by atoms with Crippen LogP contribution in [-0.4, -0.2) is 28.2 Å². The fourth-order valence-corrected chi connectivity index (χ4v) is 3.52. The Balaban J connectivity index is 2.35. The lowest BCUT2D eigenvalue weighted by molar-refractivity contribution is 1.14. The Bertz CT molecular complexity index is 812. The summed E-state index contributed by atoms with van der Waals surface area (Å²) in [5.41, 5.74) is 2.34. The summed E-state index contributed by atoms with van der Waals surface area (Å²) in [6, 6.07) is 12.0. The predicted molar refractivity (Wildman–Crippen MR) is 94.3 cm³/mol. The standard InChI is InChI=1S/C17H18N2OS/c1-18(2)11-5-7-13-15(9-11)21-16-10-12(19(3)4)6-8-14(16)17(13)20/h5-10H,1-4H3. The number of fused-ring (bicyclic) bond motifs is 2. The highest BCUT2D eigenvalue weighted by Crippen LogP contribution is 2.29. The van der Waals surface area contributed by atoms with Crippen molar-refractivity contribution in [3.63, 3.8) is 0 Å². The van der Waals surface area contributed by atoms with Crippen molar-refractivity contribution in [3.8, 4) is 0 Å². The van der Waals surface area contributed by atoms with E-state index in [4.69, 9.17) is 0 Å². The van der Waals surface area contributed by atoms with Gasteiger partial charge in [-0.15, -0.1) is 11.3 Å². The van der Waals surface area contributed by atoms with Gasteiger partial charge < -0.3 is 9.80 Å². The van der Waals surface area contributed by atoms with Crippen LogP contribution in [0.25, 0.3) is 20.2 Å². The largest absolute Gasteiger partial charge is 0.378 e. The molecule has 1 heterocycles. The van der Waals surface area contributed by atoms with Crippen molar-refractivity contribution in [1.29, 1.82) is 0 Å². The molecule has 4 heteroatoms. The van der Waals surface area contributed by atoms with E-state index in [0.29, 0.717) is 0 Å². The molecule has 0 amide bonds. The maximum absolute atomic E-state index is 12.6. The second-order valence-corrected chi connectivity index (χ2v) is 6.66. The second kappa shape index (κ2) is 5.04. The Kier molecular flexibility index (Phi) is 3.33. The van der Waals surface area contributed by atoms with Crippen molar-refractivity contribution in [2.45, 2.75) is 0 Å². The average Bonchev–Trinajstić information content (AvgIpc) is 2.46. The minimum absolute atomic E-state index is 0.120. The van der Waals surface area contributed by atoms with E-state index in [9.17, 15) is 4.79 Å². The topological polar surface area (TPSA) is 23.6 Å². The Morgan fingerprint density at radius 3 is 1.57 bits per heavy atom. The van der Waals surface area contributed by atoms with Crippen LogP contribution in [0.4, 0.5) is 11.4 Å². The molecular formula is C17H18N2OS. The normalized spacial score (nSPS) is 11.0. The summed E-state index contributed by atoms with van der Waals surface area (Å²) < 4.78 is 2.07. The molecule has 0 fully saturated rings. The van der Waals surface area contributed by atoms with E-state index < -0.39 is 0 Å². The van der Waals surface area contributed by atoms with Gasteiger partial charge in [0.25, 0.3) is 0 Å². The minimum atomic E-state index is 0.120. The zero-order valence-corrected chi connectivity index (χ0v) is 13.5.